The first-order chi connectivity index (χ1) is 17.6. The second-order valence-electron chi connectivity index (χ2n) is 8.82. The fraction of sp³-hybridized carbons (Fsp3) is 0.407. The molecule has 0 spiro atoms. The molecule has 1 saturated carbocycles. The van der Waals surface area contributed by atoms with Gasteiger partial charge in [0.15, 0.2) is 11.0 Å². The first-order valence-electron chi connectivity index (χ1n) is 12.6. The van der Waals surface area contributed by atoms with Crippen molar-refractivity contribution in [2.45, 2.75) is 57.1 Å². The summed E-state index contributed by atoms with van der Waals surface area (Å²) in [5, 5.41) is 14.5. The molecule has 1 aliphatic rings. The van der Waals surface area contributed by atoms with E-state index in [0.717, 1.165) is 48.0 Å². The number of halogens is 1. The monoisotopic (exact) mass is 524 g/mol. The molecular weight excluding hydrogens is 492 g/mol. The lowest BCUT2D eigenvalue weighted by Gasteiger charge is -2.25. The summed E-state index contributed by atoms with van der Waals surface area (Å²) in [6, 6.07) is 16.2. The van der Waals surface area contributed by atoms with Crippen molar-refractivity contribution in [1.82, 2.24) is 20.2 Å². The highest BCUT2D eigenvalue weighted by Crippen LogP contribution is 2.35. The zero-order chi connectivity index (χ0) is 25.3. The molecule has 0 saturated heterocycles. The molecular formula is C27H33ClN6OS. The minimum absolute atomic E-state index is 0.178. The molecule has 4 rings (SSSR count). The number of nitrogens with one attached hydrogen (secondary N) is 1. The van der Waals surface area contributed by atoms with E-state index < -0.39 is 0 Å². The van der Waals surface area contributed by atoms with E-state index in [1.54, 1.807) is 6.21 Å². The number of hydrogen-bond donors (Lipinski definition) is 1. The van der Waals surface area contributed by atoms with Gasteiger partial charge in [0.25, 0.3) is 5.91 Å². The highest BCUT2D eigenvalue weighted by molar-refractivity contribution is 7.99. The third kappa shape index (κ3) is 6.68. The van der Waals surface area contributed by atoms with Crippen LogP contribution in [0.4, 0.5) is 5.69 Å². The fourth-order valence-electron chi connectivity index (χ4n) is 4.54. The molecule has 0 atom stereocenters. The van der Waals surface area contributed by atoms with Gasteiger partial charge >= 0.3 is 0 Å². The lowest BCUT2D eigenvalue weighted by molar-refractivity contribution is -0.118. The second-order valence-corrected chi connectivity index (χ2v) is 10.2. The Kier molecular flexibility index (Phi) is 9.41. The van der Waals surface area contributed by atoms with E-state index in [9.17, 15) is 4.79 Å². The van der Waals surface area contributed by atoms with Gasteiger partial charge in [0.05, 0.1) is 12.0 Å². The maximum Gasteiger partial charge on any atom is 0.250 e. The first kappa shape index (κ1) is 26.2. The number of benzene rings is 2. The number of carbonyl (C=O) groups is 1. The average molecular weight is 525 g/mol. The third-order valence-electron chi connectivity index (χ3n) is 6.46. The average Bonchev–Trinajstić information content (AvgIpc) is 3.34. The summed E-state index contributed by atoms with van der Waals surface area (Å²) in [6.07, 6.45) is 7.50. The van der Waals surface area contributed by atoms with Crippen molar-refractivity contribution in [3.63, 3.8) is 0 Å². The van der Waals surface area contributed by atoms with Crippen LogP contribution in [0.5, 0.6) is 0 Å². The standard InChI is InChI=1S/C27H33ClN6OS/c1-3-33(4-2)23-16-10-20(11-17-23)18-29-30-25(35)19-36-27-32-31-26(21-12-14-22(28)15-13-21)34(27)24-8-6-5-7-9-24/h10-18,24H,3-9,19H2,1-2H3,(H,30,35)/b29-18-. The van der Waals surface area contributed by atoms with E-state index in [2.05, 4.69) is 56.2 Å². The van der Waals surface area contributed by atoms with Crippen LogP contribution in [0.15, 0.2) is 58.8 Å². The molecule has 36 heavy (non-hydrogen) atoms. The quantitative estimate of drug-likeness (QED) is 0.194. The van der Waals surface area contributed by atoms with Gasteiger partial charge in [0.2, 0.25) is 0 Å². The normalized spacial score (nSPS) is 14.3. The summed E-state index contributed by atoms with van der Waals surface area (Å²) in [5.74, 6) is 0.860. The smallest absolute Gasteiger partial charge is 0.250 e. The zero-order valence-corrected chi connectivity index (χ0v) is 22.4. The summed E-state index contributed by atoms with van der Waals surface area (Å²) >= 11 is 7.48. The Balaban J connectivity index is 1.39. The number of hydrazone groups is 1. The number of hydrogen-bond acceptors (Lipinski definition) is 6. The fourth-order valence-corrected chi connectivity index (χ4v) is 5.46. The lowest BCUT2D eigenvalue weighted by atomic mass is 9.95. The molecule has 190 valence electrons. The van der Waals surface area contributed by atoms with Crippen molar-refractivity contribution in [1.29, 1.82) is 0 Å². The van der Waals surface area contributed by atoms with E-state index in [0.29, 0.717) is 11.1 Å². The van der Waals surface area contributed by atoms with Crippen molar-refractivity contribution in [2.24, 2.45) is 5.10 Å². The number of thioether (sulfide) groups is 1. The van der Waals surface area contributed by atoms with Crippen LogP contribution in [0, 0.1) is 0 Å². The van der Waals surface area contributed by atoms with E-state index in [-0.39, 0.29) is 11.7 Å². The van der Waals surface area contributed by atoms with Gasteiger partial charge in [-0.15, -0.1) is 10.2 Å². The van der Waals surface area contributed by atoms with E-state index >= 15 is 0 Å². The first-order valence-corrected chi connectivity index (χ1v) is 14.0. The maximum absolute atomic E-state index is 12.5. The van der Waals surface area contributed by atoms with Gasteiger partial charge in [-0.3, -0.25) is 9.36 Å². The Hall–Kier alpha value is -2.84. The predicted molar refractivity (Wildman–Crippen MR) is 149 cm³/mol. The zero-order valence-electron chi connectivity index (χ0n) is 20.9. The Morgan fingerprint density at radius 3 is 2.44 bits per heavy atom. The van der Waals surface area contributed by atoms with Gasteiger partial charge in [-0.25, -0.2) is 5.43 Å². The van der Waals surface area contributed by atoms with Crippen molar-refractivity contribution >= 4 is 41.2 Å². The van der Waals surface area contributed by atoms with Crippen LogP contribution in [0.1, 0.15) is 57.6 Å². The van der Waals surface area contributed by atoms with Crippen LogP contribution in [0.2, 0.25) is 5.02 Å². The van der Waals surface area contributed by atoms with Gasteiger partial charge in [-0.1, -0.05) is 54.8 Å². The highest BCUT2D eigenvalue weighted by atomic mass is 35.5. The Labute approximate surface area is 222 Å². The van der Waals surface area contributed by atoms with Crippen LogP contribution in [-0.4, -0.2) is 45.7 Å². The molecule has 1 amide bonds. The van der Waals surface area contributed by atoms with Crippen molar-refractivity contribution in [3.8, 4) is 11.4 Å². The molecule has 1 fully saturated rings. The molecule has 3 aromatic rings. The predicted octanol–water partition coefficient (Wildman–Crippen LogP) is 6.19. The molecule has 1 aromatic heterocycles. The summed E-state index contributed by atoms with van der Waals surface area (Å²) in [5.41, 5.74) is 5.72. The highest BCUT2D eigenvalue weighted by Gasteiger charge is 2.24. The number of amides is 1. The summed E-state index contributed by atoms with van der Waals surface area (Å²) in [7, 11) is 0. The molecule has 9 heteroatoms. The molecule has 0 aliphatic heterocycles. The van der Waals surface area contributed by atoms with Crippen LogP contribution >= 0.6 is 23.4 Å². The minimum Gasteiger partial charge on any atom is -0.372 e. The molecule has 1 aliphatic carbocycles. The van der Waals surface area contributed by atoms with Crippen LogP contribution in [0.25, 0.3) is 11.4 Å². The molecule has 1 N–H and O–H groups in total. The van der Waals surface area contributed by atoms with Crippen LogP contribution < -0.4 is 10.3 Å². The minimum atomic E-state index is -0.178. The molecule has 0 radical (unpaired) electrons. The Bertz CT molecular complexity index is 1150. The molecule has 1 heterocycles. The maximum atomic E-state index is 12.5. The van der Waals surface area contributed by atoms with Crippen molar-refractivity contribution < 1.29 is 4.79 Å². The largest absolute Gasteiger partial charge is 0.372 e. The topological polar surface area (TPSA) is 75.4 Å². The van der Waals surface area contributed by atoms with E-state index in [1.807, 2.05) is 36.4 Å². The van der Waals surface area contributed by atoms with Crippen LogP contribution in [0.3, 0.4) is 0 Å². The SMILES string of the molecule is CCN(CC)c1ccc(/C=N\NC(=O)CSc2nnc(-c3ccc(Cl)cc3)n2C2CCCCC2)cc1. The summed E-state index contributed by atoms with van der Waals surface area (Å²) < 4.78 is 2.21. The molecule has 2 aromatic carbocycles. The number of carbonyl (C=O) groups excluding carboxylic acids is 1. The van der Waals surface area contributed by atoms with Gasteiger partial charge < -0.3 is 4.90 Å². The van der Waals surface area contributed by atoms with Gasteiger partial charge in [-0.2, -0.15) is 5.10 Å². The molecule has 7 nitrogen and oxygen atoms in total. The Morgan fingerprint density at radius 1 is 1.08 bits per heavy atom. The van der Waals surface area contributed by atoms with Crippen LogP contribution in [-0.2, 0) is 4.79 Å². The van der Waals surface area contributed by atoms with E-state index in [1.165, 1.54) is 36.7 Å². The Morgan fingerprint density at radius 2 is 1.78 bits per heavy atom. The van der Waals surface area contributed by atoms with Gasteiger partial charge in [0.1, 0.15) is 0 Å². The number of rotatable bonds is 10. The van der Waals surface area contributed by atoms with E-state index in [4.69, 9.17) is 11.6 Å². The number of aromatic nitrogens is 3. The number of anilines is 1. The number of nitrogens with zero attached hydrogens (tertiary/aromatic N) is 5. The van der Waals surface area contributed by atoms with Gasteiger partial charge in [-0.05, 0) is 68.7 Å². The van der Waals surface area contributed by atoms with Gasteiger partial charge in [0, 0.05) is 35.4 Å². The van der Waals surface area contributed by atoms with Crippen molar-refractivity contribution in [2.75, 3.05) is 23.7 Å². The third-order valence-corrected chi connectivity index (χ3v) is 7.66. The second kappa shape index (κ2) is 12.9. The molecule has 0 unspecified atom stereocenters. The lowest BCUT2D eigenvalue weighted by Crippen LogP contribution is -2.21. The molecule has 0 bridgehead atoms. The summed E-state index contributed by atoms with van der Waals surface area (Å²) in [4.78, 5) is 14.8. The van der Waals surface area contributed by atoms with Crippen molar-refractivity contribution in [3.05, 3.63) is 59.1 Å². The summed E-state index contributed by atoms with van der Waals surface area (Å²) in [6.45, 7) is 6.21.